The Hall–Kier alpha value is -2.95. The van der Waals surface area contributed by atoms with Crippen LogP contribution >= 0.6 is 0 Å². The van der Waals surface area contributed by atoms with Crippen LogP contribution in [0.25, 0.3) is 6.08 Å². The van der Waals surface area contributed by atoms with E-state index in [0.717, 1.165) is 5.56 Å². The minimum Gasteiger partial charge on any atom is -0.507 e. The molecule has 2 aromatic rings. The van der Waals surface area contributed by atoms with Gasteiger partial charge in [0.05, 0.1) is 26.9 Å². The van der Waals surface area contributed by atoms with Crippen molar-refractivity contribution in [2.75, 3.05) is 21.3 Å². The van der Waals surface area contributed by atoms with Gasteiger partial charge in [-0.2, -0.15) is 0 Å². The van der Waals surface area contributed by atoms with Gasteiger partial charge in [0.2, 0.25) is 5.75 Å². The number of hydrogen-bond acceptors (Lipinski definition) is 5. The number of allylic oxidation sites excluding steroid dienone is 1. The van der Waals surface area contributed by atoms with Crippen LogP contribution in [-0.4, -0.2) is 32.2 Å². The molecule has 2 aromatic carbocycles. The molecule has 0 unspecified atom stereocenters. The molecule has 0 saturated carbocycles. The van der Waals surface area contributed by atoms with Crippen LogP contribution in [0.1, 0.15) is 21.5 Å². The first-order chi connectivity index (χ1) is 11.5. The molecular formula is C19H20O5. The van der Waals surface area contributed by atoms with Gasteiger partial charge in [-0.1, -0.05) is 12.1 Å². The van der Waals surface area contributed by atoms with Crippen molar-refractivity contribution in [2.24, 2.45) is 0 Å². The van der Waals surface area contributed by atoms with Gasteiger partial charge < -0.3 is 19.3 Å². The average molecular weight is 328 g/mol. The number of rotatable bonds is 6. The summed E-state index contributed by atoms with van der Waals surface area (Å²) in [5.74, 6) is 0.995. The summed E-state index contributed by atoms with van der Waals surface area (Å²) < 4.78 is 15.8. The maximum absolute atomic E-state index is 12.5. The number of ketones is 1. The number of phenolic OH excluding ortho intramolecular Hbond substituents is 1. The van der Waals surface area contributed by atoms with Crippen molar-refractivity contribution < 1.29 is 24.1 Å². The minimum atomic E-state index is -0.271. The molecule has 0 aliphatic rings. The Morgan fingerprint density at radius 3 is 2.29 bits per heavy atom. The smallest absolute Gasteiger partial charge is 0.204 e. The predicted octanol–water partition coefficient (Wildman–Crippen LogP) is 3.62. The van der Waals surface area contributed by atoms with E-state index in [2.05, 4.69) is 0 Å². The molecule has 126 valence electrons. The van der Waals surface area contributed by atoms with Crippen LogP contribution in [0.15, 0.2) is 36.4 Å². The van der Waals surface area contributed by atoms with Gasteiger partial charge in [-0.3, -0.25) is 4.79 Å². The Morgan fingerprint density at radius 2 is 1.71 bits per heavy atom. The second kappa shape index (κ2) is 7.55. The number of ether oxygens (including phenoxy) is 3. The lowest BCUT2D eigenvalue weighted by Gasteiger charge is -2.14. The fraction of sp³-hybridized carbons (Fsp3) is 0.211. The number of aryl methyl sites for hydroxylation is 1. The molecule has 24 heavy (non-hydrogen) atoms. The van der Waals surface area contributed by atoms with Gasteiger partial charge in [0.25, 0.3) is 0 Å². The maximum atomic E-state index is 12.5. The van der Waals surface area contributed by atoms with E-state index in [9.17, 15) is 9.90 Å². The number of carbonyl (C=O) groups excluding carboxylic acids is 1. The number of methoxy groups -OCH3 is 3. The zero-order valence-electron chi connectivity index (χ0n) is 14.1. The van der Waals surface area contributed by atoms with E-state index in [1.54, 1.807) is 30.3 Å². The van der Waals surface area contributed by atoms with Gasteiger partial charge in [-0.05, 0) is 42.8 Å². The molecule has 5 heteroatoms. The zero-order valence-corrected chi connectivity index (χ0v) is 14.1. The third-order valence-corrected chi connectivity index (χ3v) is 3.57. The van der Waals surface area contributed by atoms with Crippen LogP contribution in [0, 0.1) is 6.92 Å². The highest BCUT2D eigenvalue weighted by Crippen LogP contribution is 2.40. The normalized spacial score (nSPS) is 10.7. The Kier molecular flexibility index (Phi) is 5.47. The Balaban J connectivity index is 2.37. The van der Waals surface area contributed by atoms with E-state index in [1.165, 1.54) is 27.4 Å². The highest BCUT2D eigenvalue weighted by atomic mass is 16.5. The van der Waals surface area contributed by atoms with Crippen molar-refractivity contribution in [3.63, 3.8) is 0 Å². The SMILES string of the molecule is COc1ccc(C(=O)/C=C/c2ccc(C)cc2O)c(OC)c1OC. The topological polar surface area (TPSA) is 65.0 Å². The number of aromatic hydroxyl groups is 1. The second-order valence-electron chi connectivity index (χ2n) is 5.14. The highest BCUT2D eigenvalue weighted by Gasteiger charge is 2.19. The molecule has 0 fully saturated rings. The Bertz CT molecular complexity index is 778. The second-order valence-corrected chi connectivity index (χ2v) is 5.14. The van der Waals surface area contributed by atoms with Crippen LogP contribution < -0.4 is 14.2 Å². The summed E-state index contributed by atoms with van der Waals surface area (Å²) in [4.78, 5) is 12.5. The fourth-order valence-corrected chi connectivity index (χ4v) is 2.35. The number of phenols is 1. The number of hydrogen-bond donors (Lipinski definition) is 1. The molecule has 1 N–H and O–H groups in total. The number of benzene rings is 2. The molecule has 0 aliphatic carbocycles. The van der Waals surface area contributed by atoms with Crippen molar-refractivity contribution in [3.8, 4) is 23.0 Å². The van der Waals surface area contributed by atoms with Crippen LogP contribution in [0.5, 0.6) is 23.0 Å². The number of carbonyl (C=O) groups is 1. The Labute approximate surface area is 141 Å². The molecular weight excluding hydrogens is 308 g/mol. The van der Waals surface area contributed by atoms with Gasteiger partial charge in [-0.15, -0.1) is 0 Å². The molecule has 5 nitrogen and oxygen atoms in total. The maximum Gasteiger partial charge on any atom is 0.204 e. The lowest BCUT2D eigenvalue weighted by Crippen LogP contribution is -2.02. The van der Waals surface area contributed by atoms with Crippen molar-refractivity contribution in [2.45, 2.75) is 6.92 Å². The largest absolute Gasteiger partial charge is 0.507 e. The van der Waals surface area contributed by atoms with E-state index >= 15 is 0 Å². The van der Waals surface area contributed by atoms with Gasteiger partial charge in [-0.25, -0.2) is 0 Å². The van der Waals surface area contributed by atoms with E-state index in [4.69, 9.17) is 14.2 Å². The summed E-state index contributed by atoms with van der Waals surface area (Å²) >= 11 is 0. The Morgan fingerprint density at radius 1 is 1.00 bits per heavy atom. The summed E-state index contributed by atoms with van der Waals surface area (Å²) in [6.07, 6.45) is 2.95. The lowest BCUT2D eigenvalue weighted by atomic mass is 10.1. The quantitative estimate of drug-likeness (QED) is 0.648. The molecule has 0 atom stereocenters. The van der Waals surface area contributed by atoms with Crippen LogP contribution in [0.3, 0.4) is 0 Å². The first kappa shape index (κ1) is 17.4. The molecule has 0 saturated heterocycles. The molecule has 0 bridgehead atoms. The standard InChI is InChI=1S/C19H20O5/c1-12-5-6-13(16(21)11-12)7-9-15(20)14-8-10-17(22-2)19(24-4)18(14)23-3/h5-11,21H,1-4H3/b9-7+. The van der Waals surface area contributed by atoms with E-state index in [0.29, 0.717) is 28.4 Å². The van der Waals surface area contributed by atoms with E-state index in [-0.39, 0.29) is 11.5 Å². The van der Waals surface area contributed by atoms with Crippen molar-refractivity contribution in [3.05, 3.63) is 53.1 Å². The lowest BCUT2D eigenvalue weighted by molar-refractivity contribution is 0.104. The summed E-state index contributed by atoms with van der Waals surface area (Å²) in [5.41, 5.74) is 1.85. The molecule has 0 radical (unpaired) electrons. The van der Waals surface area contributed by atoms with Crippen LogP contribution in [0.4, 0.5) is 0 Å². The summed E-state index contributed by atoms with van der Waals surface area (Å²) in [6.45, 7) is 1.88. The van der Waals surface area contributed by atoms with Crippen molar-refractivity contribution >= 4 is 11.9 Å². The molecule has 0 aromatic heterocycles. The molecule has 0 heterocycles. The molecule has 2 rings (SSSR count). The van der Waals surface area contributed by atoms with Crippen LogP contribution in [0.2, 0.25) is 0 Å². The third-order valence-electron chi connectivity index (χ3n) is 3.57. The van der Waals surface area contributed by atoms with Crippen molar-refractivity contribution in [1.29, 1.82) is 0 Å². The monoisotopic (exact) mass is 328 g/mol. The first-order valence-electron chi connectivity index (χ1n) is 7.32. The van der Waals surface area contributed by atoms with Crippen LogP contribution in [-0.2, 0) is 0 Å². The minimum absolute atomic E-state index is 0.123. The van der Waals surface area contributed by atoms with Gasteiger partial charge in [0.15, 0.2) is 17.3 Å². The molecule has 0 aliphatic heterocycles. The van der Waals surface area contributed by atoms with Crippen molar-refractivity contribution in [1.82, 2.24) is 0 Å². The molecule has 0 amide bonds. The average Bonchev–Trinajstić information content (AvgIpc) is 2.59. The first-order valence-corrected chi connectivity index (χ1v) is 7.32. The zero-order chi connectivity index (χ0) is 17.7. The van der Waals surface area contributed by atoms with Gasteiger partial charge in [0, 0.05) is 5.56 Å². The van der Waals surface area contributed by atoms with E-state index in [1.807, 2.05) is 13.0 Å². The van der Waals surface area contributed by atoms with Gasteiger partial charge in [0.1, 0.15) is 5.75 Å². The highest BCUT2D eigenvalue weighted by molar-refractivity contribution is 6.09. The summed E-state index contributed by atoms with van der Waals surface area (Å²) in [5, 5.41) is 9.90. The van der Waals surface area contributed by atoms with E-state index < -0.39 is 0 Å². The fourth-order valence-electron chi connectivity index (χ4n) is 2.35. The summed E-state index contributed by atoms with van der Waals surface area (Å²) in [6, 6.07) is 8.51. The third kappa shape index (κ3) is 3.51. The predicted molar refractivity (Wildman–Crippen MR) is 92.3 cm³/mol. The summed E-state index contributed by atoms with van der Waals surface area (Å²) in [7, 11) is 4.46. The van der Waals surface area contributed by atoms with Gasteiger partial charge >= 0.3 is 0 Å². The molecule has 0 spiro atoms.